The number of carbonyl (C=O) groups is 1. The van der Waals surface area contributed by atoms with Crippen molar-refractivity contribution in [2.75, 3.05) is 0 Å². The molecular formula is C14H11ClO4S. The van der Waals surface area contributed by atoms with Gasteiger partial charge >= 0.3 is 0 Å². The van der Waals surface area contributed by atoms with E-state index in [0.717, 1.165) is 0 Å². The molecule has 4 nitrogen and oxygen atoms in total. The third-order valence-electron chi connectivity index (χ3n) is 2.82. The zero-order chi connectivity index (χ0) is 14.9. The third-order valence-corrected chi connectivity index (χ3v) is 4.09. The highest BCUT2D eigenvalue weighted by molar-refractivity contribution is 7.85. The van der Waals surface area contributed by atoms with Crippen LogP contribution >= 0.6 is 11.6 Å². The third kappa shape index (κ3) is 3.07. The number of ketones is 1. The molecule has 0 aliphatic carbocycles. The summed E-state index contributed by atoms with van der Waals surface area (Å²) in [6.45, 7) is 1.52. The molecule has 20 heavy (non-hydrogen) atoms. The van der Waals surface area contributed by atoms with Gasteiger partial charge in [-0.2, -0.15) is 8.42 Å². The molecule has 0 heterocycles. The van der Waals surface area contributed by atoms with Gasteiger partial charge in [0.15, 0.2) is 5.78 Å². The standard InChI is InChI=1S/C14H11ClO4S/c1-9-8-11(4-7-13(9)20(17,18)19)14(16)10-2-5-12(15)6-3-10/h2-8H,1H3,(H,17,18,19). The summed E-state index contributed by atoms with van der Waals surface area (Å²) in [5.41, 5.74) is 1.11. The fraction of sp³-hybridized carbons (Fsp3) is 0.0714. The molecule has 0 saturated heterocycles. The molecule has 0 amide bonds. The van der Waals surface area contributed by atoms with E-state index in [2.05, 4.69) is 0 Å². The number of benzene rings is 2. The lowest BCUT2D eigenvalue weighted by atomic mass is 10.0. The van der Waals surface area contributed by atoms with Crippen molar-refractivity contribution in [3.8, 4) is 0 Å². The maximum atomic E-state index is 12.2. The van der Waals surface area contributed by atoms with Gasteiger partial charge in [-0.15, -0.1) is 0 Å². The first-order valence-corrected chi connectivity index (χ1v) is 7.49. The first kappa shape index (κ1) is 14.7. The Morgan fingerprint density at radius 1 is 1.05 bits per heavy atom. The van der Waals surface area contributed by atoms with Crippen LogP contribution in [0.25, 0.3) is 0 Å². The van der Waals surface area contributed by atoms with Crippen molar-refractivity contribution in [1.82, 2.24) is 0 Å². The summed E-state index contributed by atoms with van der Waals surface area (Å²) in [4.78, 5) is 12.0. The number of aryl methyl sites for hydroxylation is 1. The Balaban J connectivity index is 2.42. The zero-order valence-electron chi connectivity index (χ0n) is 10.5. The van der Waals surface area contributed by atoms with Crippen LogP contribution in [-0.4, -0.2) is 18.8 Å². The summed E-state index contributed by atoms with van der Waals surface area (Å²) >= 11 is 5.75. The summed E-state index contributed by atoms with van der Waals surface area (Å²) in [6.07, 6.45) is 0. The molecule has 0 radical (unpaired) electrons. The molecule has 0 fully saturated rings. The predicted molar refractivity (Wildman–Crippen MR) is 75.9 cm³/mol. The lowest BCUT2D eigenvalue weighted by molar-refractivity contribution is 0.103. The van der Waals surface area contributed by atoms with Crippen molar-refractivity contribution >= 4 is 27.5 Å². The second kappa shape index (κ2) is 5.36. The number of hydrogen-bond acceptors (Lipinski definition) is 3. The zero-order valence-corrected chi connectivity index (χ0v) is 12.1. The van der Waals surface area contributed by atoms with Crippen molar-refractivity contribution in [2.24, 2.45) is 0 Å². The van der Waals surface area contributed by atoms with Gasteiger partial charge in [0, 0.05) is 16.1 Å². The highest BCUT2D eigenvalue weighted by Gasteiger charge is 2.16. The van der Waals surface area contributed by atoms with Gasteiger partial charge in [0.25, 0.3) is 10.1 Å². The van der Waals surface area contributed by atoms with Crippen molar-refractivity contribution in [3.63, 3.8) is 0 Å². The van der Waals surface area contributed by atoms with Gasteiger partial charge in [-0.3, -0.25) is 9.35 Å². The molecule has 1 N–H and O–H groups in total. The highest BCUT2D eigenvalue weighted by atomic mass is 35.5. The summed E-state index contributed by atoms with van der Waals surface area (Å²) < 4.78 is 31.2. The van der Waals surface area contributed by atoms with Crippen LogP contribution in [0.15, 0.2) is 47.4 Å². The van der Waals surface area contributed by atoms with E-state index < -0.39 is 10.1 Å². The molecule has 6 heteroatoms. The molecule has 2 aromatic rings. The highest BCUT2D eigenvalue weighted by Crippen LogP contribution is 2.19. The fourth-order valence-electron chi connectivity index (χ4n) is 1.85. The van der Waals surface area contributed by atoms with Crippen molar-refractivity contribution in [1.29, 1.82) is 0 Å². The van der Waals surface area contributed by atoms with Crippen molar-refractivity contribution < 1.29 is 17.8 Å². The summed E-state index contributed by atoms with van der Waals surface area (Å²) in [6, 6.07) is 10.4. The van der Waals surface area contributed by atoms with Gasteiger partial charge in [-0.25, -0.2) is 0 Å². The molecule has 0 aliphatic rings. The lowest BCUT2D eigenvalue weighted by Gasteiger charge is -2.06. The van der Waals surface area contributed by atoms with Crippen LogP contribution in [0, 0.1) is 6.92 Å². The molecular weight excluding hydrogens is 300 g/mol. The monoisotopic (exact) mass is 310 g/mol. The summed E-state index contributed by atoms with van der Waals surface area (Å²) in [5.74, 6) is -0.244. The maximum Gasteiger partial charge on any atom is 0.294 e. The van der Waals surface area contributed by atoms with E-state index in [1.807, 2.05) is 0 Å². The van der Waals surface area contributed by atoms with Crippen molar-refractivity contribution in [3.05, 3.63) is 64.2 Å². The normalized spacial score (nSPS) is 11.3. The molecule has 104 valence electrons. The molecule has 0 atom stereocenters. The lowest BCUT2D eigenvalue weighted by Crippen LogP contribution is -2.05. The average molecular weight is 311 g/mol. The van der Waals surface area contributed by atoms with Crippen molar-refractivity contribution in [2.45, 2.75) is 11.8 Å². The van der Waals surface area contributed by atoms with Gasteiger partial charge in [0.05, 0.1) is 4.90 Å². The van der Waals surface area contributed by atoms with Crippen LogP contribution in [0.5, 0.6) is 0 Å². The minimum absolute atomic E-state index is 0.204. The molecule has 0 saturated carbocycles. The number of rotatable bonds is 3. The molecule has 2 rings (SSSR count). The van der Waals surface area contributed by atoms with Gasteiger partial charge in [-0.1, -0.05) is 11.6 Å². The number of halogens is 1. The molecule has 0 spiro atoms. The topological polar surface area (TPSA) is 71.4 Å². The van der Waals surface area contributed by atoms with Crippen LogP contribution in [-0.2, 0) is 10.1 Å². The Hall–Kier alpha value is -1.69. The van der Waals surface area contributed by atoms with Crippen LogP contribution in [0.1, 0.15) is 21.5 Å². The van der Waals surface area contributed by atoms with Gasteiger partial charge in [0.2, 0.25) is 0 Å². The van der Waals surface area contributed by atoms with E-state index in [9.17, 15) is 13.2 Å². The van der Waals surface area contributed by atoms with Gasteiger partial charge in [-0.05, 0) is 55.0 Å². The Kier molecular flexibility index (Phi) is 3.94. The smallest absolute Gasteiger partial charge is 0.289 e. The fourth-order valence-corrected chi connectivity index (χ4v) is 2.68. The second-order valence-corrected chi connectivity index (χ2v) is 6.12. The van der Waals surface area contributed by atoms with Crippen LogP contribution < -0.4 is 0 Å². The largest absolute Gasteiger partial charge is 0.294 e. The van der Waals surface area contributed by atoms with Crippen LogP contribution in [0.4, 0.5) is 0 Å². The SMILES string of the molecule is Cc1cc(C(=O)c2ccc(Cl)cc2)ccc1S(=O)(=O)O. The van der Waals surface area contributed by atoms with E-state index >= 15 is 0 Å². The minimum atomic E-state index is -4.27. The van der Waals surface area contributed by atoms with Gasteiger partial charge < -0.3 is 0 Å². The second-order valence-electron chi connectivity index (χ2n) is 4.29. The Morgan fingerprint density at radius 3 is 2.10 bits per heavy atom. The first-order chi connectivity index (χ1) is 9.29. The van der Waals surface area contributed by atoms with E-state index in [0.29, 0.717) is 21.7 Å². The Bertz CT molecular complexity index is 764. The maximum absolute atomic E-state index is 12.2. The quantitative estimate of drug-likeness (QED) is 0.698. The van der Waals surface area contributed by atoms with E-state index in [1.54, 1.807) is 24.3 Å². The first-order valence-electron chi connectivity index (χ1n) is 5.67. The Morgan fingerprint density at radius 2 is 1.60 bits per heavy atom. The van der Waals surface area contributed by atoms with E-state index in [-0.39, 0.29) is 10.7 Å². The molecule has 0 aromatic heterocycles. The average Bonchev–Trinajstić information content (AvgIpc) is 2.37. The van der Waals surface area contributed by atoms with Gasteiger partial charge in [0.1, 0.15) is 0 Å². The number of carbonyl (C=O) groups excluding carboxylic acids is 1. The van der Waals surface area contributed by atoms with E-state index in [1.165, 1.54) is 25.1 Å². The molecule has 2 aromatic carbocycles. The van der Waals surface area contributed by atoms with Crippen LogP contribution in [0.2, 0.25) is 5.02 Å². The molecule has 0 unspecified atom stereocenters. The number of hydrogen-bond donors (Lipinski definition) is 1. The Labute approximate surface area is 121 Å². The minimum Gasteiger partial charge on any atom is -0.289 e. The summed E-state index contributed by atoms with van der Waals surface area (Å²) in [5, 5.41) is 0.527. The van der Waals surface area contributed by atoms with E-state index in [4.69, 9.17) is 16.2 Å². The summed E-state index contributed by atoms with van der Waals surface area (Å²) in [7, 11) is -4.27. The predicted octanol–water partition coefficient (Wildman–Crippen LogP) is 3.13. The molecule has 0 bridgehead atoms. The van der Waals surface area contributed by atoms with Crippen LogP contribution in [0.3, 0.4) is 0 Å². The molecule has 0 aliphatic heterocycles.